The highest BCUT2D eigenvalue weighted by Gasteiger charge is 2.45. The molecule has 37 heavy (non-hydrogen) atoms. The van der Waals surface area contributed by atoms with Crippen LogP contribution in [0.4, 0.5) is 0 Å². The van der Waals surface area contributed by atoms with Gasteiger partial charge in [-0.3, -0.25) is 14.5 Å². The number of unbranched alkanes of at least 4 members (excludes halogenated alkanes) is 1. The third-order valence-electron chi connectivity index (χ3n) is 7.55. The van der Waals surface area contributed by atoms with Gasteiger partial charge in [0.2, 0.25) is 5.91 Å². The number of rotatable bonds is 15. The van der Waals surface area contributed by atoms with Gasteiger partial charge in [-0.05, 0) is 55.2 Å². The molecular weight excluding hydrogens is 502 g/mol. The molecule has 1 amide bonds. The molecule has 8 heteroatoms. The molecule has 1 fully saturated rings. The first kappa shape index (κ1) is 31.4. The van der Waals surface area contributed by atoms with Crippen LogP contribution in [0.1, 0.15) is 85.8 Å². The zero-order valence-electron chi connectivity index (χ0n) is 23.8. The van der Waals surface area contributed by atoms with Crippen LogP contribution in [0, 0.1) is 11.8 Å². The molecule has 2 rings (SSSR count). The van der Waals surface area contributed by atoms with E-state index in [2.05, 4.69) is 27.7 Å². The third kappa shape index (κ3) is 8.36. The van der Waals surface area contributed by atoms with E-state index in [4.69, 9.17) is 26.1 Å². The van der Waals surface area contributed by atoms with Gasteiger partial charge in [0, 0.05) is 6.42 Å². The molecular formula is C29H47NO5SSi. The molecule has 0 bridgehead atoms. The van der Waals surface area contributed by atoms with E-state index in [0.717, 1.165) is 36.5 Å². The van der Waals surface area contributed by atoms with Crippen molar-refractivity contribution in [2.75, 3.05) is 6.61 Å². The van der Waals surface area contributed by atoms with Gasteiger partial charge in [-0.15, -0.1) is 0 Å². The first-order valence-corrected chi connectivity index (χ1v) is 17.0. The van der Waals surface area contributed by atoms with Crippen molar-refractivity contribution in [1.82, 2.24) is 4.90 Å². The van der Waals surface area contributed by atoms with E-state index in [1.54, 1.807) is 4.90 Å². The summed E-state index contributed by atoms with van der Waals surface area (Å²) < 4.78 is 18.7. The van der Waals surface area contributed by atoms with Crippen molar-refractivity contribution < 1.29 is 23.5 Å². The normalized spacial score (nSPS) is 18.4. The molecule has 1 aliphatic rings. The highest BCUT2D eigenvalue weighted by atomic mass is 32.1. The molecule has 4 atom stereocenters. The number of nitrogens with zero attached hydrogens (tertiary/aromatic N) is 1. The molecule has 1 heterocycles. The fraction of sp³-hybridized carbons (Fsp3) is 0.690. The molecule has 0 aromatic heterocycles. The summed E-state index contributed by atoms with van der Waals surface area (Å²) in [6.45, 7) is 14.9. The maximum Gasteiger partial charge on any atom is 0.306 e. The van der Waals surface area contributed by atoms with Gasteiger partial charge < -0.3 is 13.9 Å². The number of esters is 1. The number of amides is 1. The topological polar surface area (TPSA) is 65.1 Å². The van der Waals surface area contributed by atoms with Crippen LogP contribution in [0.3, 0.4) is 0 Å². The second kappa shape index (κ2) is 15.0. The van der Waals surface area contributed by atoms with Crippen LogP contribution < -0.4 is 0 Å². The highest BCUT2D eigenvalue weighted by Crippen LogP contribution is 2.34. The Morgan fingerprint density at radius 2 is 1.70 bits per heavy atom. The van der Waals surface area contributed by atoms with Gasteiger partial charge in [-0.25, -0.2) is 0 Å². The van der Waals surface area contributed by atoms with Gasteiger partial charge in [0.1, 0.15) is 12.7 Å². The Balaban J connectivity index is 2.47. The number of thiocarbonyl (C=S) groups is 1. The lowest BCUT2D eigenvalue weighted by Gasteiger charge is -2.38. The van der Waals surface area contributed by atoms with E-state index in [1.807, 2.05) is 51.1 Å². The largest absolute Gasteiger partial charge is 0.468 e. The molecule has 1 aromatic rings. The van der Waals surface area contributed by atoms with E-state index in [0.29, 0.717) is 19.4 Å². The van der Waals surface area contributed by atoms with Crippen molar-refractivity contribution in [2.45, 2.75) is 111 Å². The standard InChI is InChI=1S/C29H47NO5SSi/c1-8-12-18-24(28(32)30-25(20-33-29(30)36)23-16-14-13-15-17-23)27(34-26(31)19-21(5)6)22(7)35-37(9-2,10-3)11-4/h13-17,21-22,24-25,27H,8-12,18-20H2,1-7H3/t22-,24+,25-,27-/m0/s1. The Hall–Kier alpha value is -1.77. The minimum absolute atomic E-state index is 0.153. The summed E-state index contributed by atoms with van der Waals surface area (Å²) in [5.74, 6) is -0.860. The summed E-state index contributed by atoms with van der Waals surface area (Å²) in [4.78, 5) is 28.9. The van der Waals surface area contributed by atoms with E-state index in [1.165, 1.54) is 0 Å². The van der Waals surface area contributed by atoms with Crippen LogP contribution in [0.15, 0.2) is 30.3 Å². The van der Waals surface area contributed by atoms with Crippen LogP contribution >= 0.6 is 12.2 Å². The predicted molar refractivity (Wildman–Crippen MR) is 155 cm³/mol. The first-order valence-electron chi connectivity index (χ1n) is 14.0. The molecule has 0 spiro atoms. The quantitative estimate of drug-likeness (QED) is 0.133. The fourth-order valence-corrected chi connectivity index (χ4v) is 8.32. The fourth-order valence-electron chi connectivity index (χ4n) is 5.12. The summed E-state index contributed by atoms with van der Waals surface area (Å²) in [6.07, 6.45) is 1.54. The monoisotopic (exact) mass is 549 g/mol. The molecule has 0 N–H and O–H groups in total. The number of benzene rings is 1. The van der Waals surface area contributed by atoms with Crippen molar-refractivity contribution in [3.63, 3.8) is 0 Å². The van der Waals surface area contributed by atoms with Crippen LogP contribution in [-0.4, -0.2) is 49.1 Å². The maximum atomic E-state index is 14.3. The zero-order chi connectivity index (χ0) is 27.6. The molecule has 208 valence electrons. The van der Waals surface area contributed by atoms with Crippen LogP contribution in [0.2, 0.25) is 18.1 Å². The van der Waals surface area contributed by atoms with E-state index in [9.17, 15) is 9.59 Å². The van der Waals surface area contributed by atoms with Crippen molar-refractivity contribution in [3.8, 4) is 0 Å². The van der Waals surface area contributed by atoms with E-state index in [-0.39, 0.29) is 29.0 Å². The van der Waals surface area contributed by atoms with Gasteiger partial charge in [0.15, 0.2) is 8.32 Å². The lowest BCUT2D eigenvalue weighted by atomic mass is 9.90. The van der Waals surface area contributed by atoms with Crippen LogP contribution in [0.25, 0.3) is 0 Å². The SMILES string of the molecule is CCCC[C@@H](C(=O)N1C(=S)OC[C@H]1c1ccccc1)[C@@H](OC(=O)CC(C)C)[C@H](C)O[Si](CC)(CC)CC. The van der Waals surface area contributed by atoms with Crippen molar-refractivity contribution in [2.24, 2.45) is 11.8 Å². The molecule has 1 aromatic carbocycles. The molecule has 0 unspecified atom stereocenters. The summed E-state index contributed by atoms with van der Waals surface area (Å²) in [5.41, 5.74) is 0.969. The number of hydrogen-bond donors (Lipinski definition) is 0. The van der Waals surface area contributed by atoms with Crippen LogP contribution in [-0.2, 0) is 23.5 Å². The van der Waals surface area contributed by atoms with Crippen molar-refractivity contribution in [1.29, 1.82) is 0 Å². The first-order chi connectivity index (χ1) is 17.6. The third-order valence-corrected chi connectivity index (χ3v) is 12.6. The molecule has 0 saturated carbocycles. The minimum Gasteiger partial charge on any atom is -0.468 e. The lowest BCUT2D eigenvalue weighted by molar-refractivity contribution is -0.163. The van der Waals surface area contributed by atoms with Crippen molar-refractivity contribution >= 4 is 37.6 Å². The molecule has 0 radical (unpaired) electrons. The number of carbonyl (C=O) groups excluding carboxylic acids is 2. The van der Waals surface area contributed by atoms with E-state index < -0.39 is 26.4 Å². The van der Waals surface area contributed by atoms with Gasteiger partial charge >= 0.3 is 5.97 Å². The van der Waals surface area contributed by atoms with Crippen molar-refractivity contribution in [3.05, 3.63) is 35.9 Å². The Bertz CT molecular complexity index is 868. The lowest BCUT2D eigenvalue weighted by Crippen LogP contribution is -2.51. The Kier molecular flexibility index (Phi) is 12.7. The Morgan fingerprint density at radius 1 is 1.08 bits per heavy atom. The number of hydrogen-bond acceptors (Lipinski definition) is 6. The van der Waals surface area contributed by atoms with E-state index >= 15 is 0 Å². The van der Waals surface area contributed by atoms with Gasteiger partial charge in [0.05, 0.1) is 18.1 Å². The summed E-state index contributed by atoms with van der Waals surface area (Å²) in [6, 6.07) is 12.4. The molecule has 1 aliphatic heterocycles. The number of carbonyl (C=O) groups is 2. The summed E-state index contributed by atoms with van der Waals surface area (Å²) in [5, 5.41) is 0.181. The predicted octanol–water partition coefficient (Wildman–Crippen LogP) is 7.05. The second-order valence-electron chi connectivity index (χ2n) is 10.6. The van der Waals surface area contributed by atoms with Gasteiger partial charge in [-0.1, -0.05) is 84.7 Å². The van der Waals surface area contributed by atoms with Gasteiger partial charge in [0.25, 0.3) is 5.17 Å². The highest BCUT2D eigenvalue weighted by molar-refractivity contribution is 7.80. The Labute approximate surface area is 230 Å². The smallest absolute Gasteiger partial charge is 0.306 e. The average molecular weight is 550 g/mol. The maximum absolute atomic E-state index is 14.3. The summed E-state index contributed by atoms with van der Waals surface area (Å²) >= 11 is 5.52. The molecule has 1 saturated heterocycles. The van der Waals surface area contributed by atoms with Crippen LogP contribution in [0.5, 0.6) is 0 Å². The second-order valence-corrected chi connectivity index (χ2v) is 15.7. The Morgan fingerprint density at radius 3 is 2.24 bits per heavy atom. The summed E-state index contributed by atoms with van der Waals surface area (Å²) in [7, 11) is -2.02. The average Bonchev–Trinajstić information content (AvgIpc) is 3.27. The minimum atomic E-state index is -2.02. The zero-order valence-corrected chi connectivity index (χ0v) is 25.6. The van der Waals surface area contributed by atoms with Gasteiger partial charge in [-0.2, -0.15) is 0 Å². The molecule has 0 aliphatic carbocycles. The molecule has 6 nitrogen and oxygen atoms in total. The number of ether oxygens (including phenoxy) is 2.